The maximum absolute atomic E-state index is 2.57. The van der Waals surface area contributed by atoms with Gasteiger partial charge in [0.25, 0.3) is 0 Å². The molecular weight excluding hydrogens is 571 g/mol. The molecule has 0 aromatic heterocycles. The molecule has 0 fully saturated rings. The highest BCUT2D eigenvalue weighted by atomic mass is 31.1. The van der Waals surface area contributed by atoms with Crippen LogP contribution < -0.4 is 0 Å². The smallest absolute Gasteiger partial charge is 0.0207 e. The van der Waals surface area contributed by atoms with Crippen molar-refractivity contribution in [3.8, 4) is 0 Å². The lowest BCUT2D eigenvalue weighted by atomic mass is 10.0. The van der Waals surface area contributed by atoms with E-state index in [-0.39, 0.29) is 7.92 Å². The van der Waals surface area contributed by atoms with Gasteiger partial charge in [-0.15, -0.1) is 0 Å². The van der Waals surface area contributed by atoms with E-state index in [2.05, 4.69) is 41.5 Å². The fourth-order valence-electron chi connectivity index (χ4n) is 8.19. The lowest BCUT2D eigenvalue weighted by Crippen LogP contribution is -2.23. The molecule has 46 heavy (non-hydrogen) atoms. The number of rotatable bonds is 39. The fourth-order valence-corrected chi connectivity index (χ4v) is 12.7. The van der Waals surface area contributed by atoms with Crippen LogP contribution in [0.5, 0.6) is 0 Å². The molecule has 278 valence electrons. The summed E-state index contributed by atoms with van der Waals surface area (Å²) in [7, 11) is 0.140. The first-order valence-electron chi connectivity index (χ1n) is 22.5. The summed E-state index contributed by atoms with van der Waals surface area (Å²) in [6.07, 6.45) is 53.1. The third-order valence-electron chi connectivity index (χ3n) is 11.4. The predicted molar refractivity (Wildman–Crippen MR) is 219 cm³/mol. The molecule has 0 radical (unpaired) electrons. The van der Waals surface area contributed by atoms with Gasteiger partial charge in [-0.3, -0.25) is 0 Å². The quantitative estimate of drug-likeness (QED) is 0.0453. The highest BCUT2D eigenvalue weighted by Gasteiger charge is 2.32. The topological polar surface area (TPSA) is 0 Å². The molecule has 0 heterocycles. The van der Waals surface area contributed by atoms with Crippen LogP contribution in [0.1, 0.15) is 273 Å². The van der Waals surface area contributed by atoms with Crippen molar-refractivity contribution in [2.24, 2.45) is 0 Å². The SMILES string of the molecule is CCCCCCCCCCCCC(CC)P(C(CC)CCCCCCCCCCCC)C(CC)CCCCCCCCCCCC. The molecule has 0 spiro atoms. The summed E-state index contributed by atoms with van der Waals surface area (Å²) in [6.45, 7) is 14.7. The van der Waals surface area contributed by atoms with Crippen molar-refractivity contribution in [2.75, 3.05) is 0 Å². The Hall–Kier alpha value is 0.430. The van der Waals surface area contributed by atoms with Gasteiger partial charge in [0.1, 0.15) is 0 Å². The monoisotopic (exact) mass is 665 g/mol. The van der Waals surface area contributed by atoms with Gasteiger partial charge in [-0.05, 0) is 55.5 Å². The van der Waals surface area contributed by atoms with Gasteiger partial charge < -0.3 is 0 Å². The van der Waals surface area contributed by atoms with Crippen molar-refractivity contribution in [3.05, 3.63) is 0 Å². The normalized spacial score (nSPS) is 14.5. The summed E-state index contributed by atoms with van der Waals surface area (Å²) in [4.78, 5) is 0. The summed E-state index contributed by atoms with van der Waals surface area (Å²) in [5.41, 5.74) is 3.10. The van der Waals surface area contributed by atoms with E-state index >= 15 is 0 Å². The van der Waals surface area contributed by atoms with Crippen LogP contribution >= 0.6 is 7.92 Å². The molecule has 0 bridgehead atoms. The van der Waals surface area contributed by atoms with Crippen LogP contribution in [-0.4, -0.2) is 17.0 Å². The average Bonchev–Trinajstić information content (AvgIpc) is 3.07. The second-order valence-electron chi connectivity index (χ2n) is 15.5. The highest BCUT2D eigenvalue weighted by Crippen LogP contribution is 2.58. The molecule has 0 aliphatic rings. The van der Waals surface area contributed by atoms with Crippen LogP contribution in [0.2, 0.25) is 0 Å². The van der Waals surface area contributed by atoms with E-state index in [1.54, 1.807) is 19.3 Å². The van der Waals surface area contributed by atoms with Crippen molar-refractivity contribution in [1.82, 2.24) is 0 Å². The Bertz CT molecular complexity index is 467. The maximum atomic E-state index is 2.57. The lowest BCUT2D eigenvalue weighted by molar-refractivity contribution is 0.527. The van der Waals surface area contributed by atoms with Gasteiger partial charge in [-0.25, -0.2) is 0 Å². The Morgan fingerprint density at radius 1 is 0.239 bits per heavy atom. The summed E-state index contributed by atoms with van der Waals surface area (Å²) in [5, 5.41) is 0. The third-order valence-corrected chi connectivity index (χ3v) is 15.8. The van der Waals surface area contributed by atoms with Crippen molar-refractivity contribution in [3.63, 3.8) is 0 Å². The molecule has 0 amide bonds. The maximum Gasteiger partial charge on any atom is -0.0207 e. The summed E-state index contributed by atoms with van der Waals surface area (Å²) < 4.78 is 0. The van der Waals surface area contributed by atoms with Gasteiger partial charge in [0.2, 0.25) is 0 Å². The second kappa shape index (κ2) is 38.2. The minimum atomic E-state index is 0.140. The summed E-state index contributed by atoms with van der Waals surface area (Å²) >= 11 is 0. The Kier molecular flexibility index (Phi) is 38.6. The standard InChI is InChI=1S/C45H93P/c1-7-13-16-19-22-25-28-31-34-37-40-43(10-4)46(44(11-5)41-38-35-32-29-26-23-20-17-14-8-2)45(12-6)42-39-36-33-30-27-24-21-18-15-9-3/h43-45H,7-42H2,1-6H3. The minimum Gasteiger partial charge on any atom is -0.0972 e. The van der Waals surface area contributed by atoms with Crippen LogP contribution in [0, 0.1) is 0 Å². The Balaban J connectivity index is 4.83. The van der Waals surface area contributed by atoms with Crippen molar-refractivity contribution < 1.29 is 0 Å². The molecule has 0 rings (SSSR count). The average molecular weight is 665 g/mol. The van der Waals surface area contributed by atoms with E-state index in [0.717, 1.165) is 17.0 Å². The second-order valence-corrected chi connectivity index (χ2v) is 18.6. The van der Waals surface area contributed by atoms with Gasteiger partial charge in [0, 0.05) is 0 Å². The first kappa shape index (κ1) is 46.4. The molecule has 1 heteroatoms. The summed E-state index contributed by atoms with van der Waals surface area (Å²) in [5.74, 6) is 0. The first-order valence-corrected chi connectivity index (χ1v) is 24.0. The zero-order valence-corrected chi connectivity index (χ0v) is 34.5. The van der Waals surface area contributed by atoms with Crippen molar-refractivity contribution in [2.45, 2.75) is 290 Å². The number of unbranched alkanes of at least 4 members (excludes halogenated alkanes) is 27. The molecule has 0 aromatic carbocycles. The first-order chi connectivity index (χ1) is 22.7. The Morgan fingerprint density at radius 3 is 0.587 bits per heavy atom. The minimum absolute atomic E-state index is 0.140. The number of hydrogen-bond acceptors (Lipinski definition) is 0. The largest absolute Gasteiger partial charge is 0.0972 e. The molecule has 3 unspecified atom stereocenters. The molecule has 0 N–H and O–H groups in total. The summed E-state index contributed by atoms with van der Waals surface area (Å²) in [6, 6.07) is 0. The van der Waals surface area contributed by atoms with E-state index in [9.17, 15) is 0 Å². The molecule has 0 aliphatic heterocycles. The molecular formula is C45H93P. The fraction of sp³-hybridized carbons (Fsp3) is 1.00. The van der Waals surface area contributed by atoms with E-state index in [4.69, 9.17) is 0 Å². The Labute approximate surface area is 296 Å². The van der Waals surface area contributed by atoms with E-state index < -0.39 is 0 Å². The zero-order chi connectivity index (χ0) is 33.8. The molecule has 0 saturated heterocycles. The predicted octanol–water partition coefficient (Wildman–Crippen LogP) is 17.7. The van der Waals surface area contributed by atoms with Gasteiger partial charge in [0.15, 0.2) is 0 Å². The number of hydrogen-bond donors (Lipinski definition) is 0. The van der Waals surface area contributed by atoms with E-state index in [1.165, 1.54) is 212 Å². The van der Waals surface area contributed by atoms with Gasteiger partial charge >= 0.3 is 0 Å². The third kappa shape index (κ3) is 28.3. The van der Waals surface area contributed by atoms with Gasteiger partial charge in [-0.2, -0.15) is 0 Å². The van der Waals surface area contributed by atoms with Gasteiger partial charge in [0.05, 0.1) is 0 Å². The molecule has 0 saturated carbocycles. The molecule has 3 atom stereocenters. The Morgan fingerprint density at radius 2 is 0.413 bits per heavy atom. The zero-order valence-electron chi connectivity index (χ0n) is 33.6. The van der Waals surface area contributed by atoms with E-state index in [1.807, 2.05) is 0 Å². The van der Waals surface area contributed by atoms with Gasteiger partial charge in [-0.1, -0.05) is 242 Å². The van der Waals surface area contributed by atoms with Crippen LogP contribution in [0.4, 0.5) is 0 Å². The molecule has 0 aromatic rings. The van der Waals surface area contributed by atoms with E-state index in [0.29, 0.717) is 0 Å². The molecule has 0 nitrogen and oxygen atoms in total. The molecule has 0 aliphatic carbocycles. The lowest BCUT2D eigenvalue weighted by Gasteiger charge is -2.40. The van der Waals surface area contributed by atoms with Crippen LogP contribution in [-0.2, 0) is 0 Å². The van der Waals surface area contributed by atoms with Crippen LogP contribution in [0.25, 0.3) is 0 Å². The van der Waals surface area contributed by atoms with Crippen molar-refractivity contribution in [1.29, 1.82) is 0 Å². The highest BCUT2D eigenvalue weighted by molar-refractivity contribution is 7.59. The van der Waals surface area contributed by atoms with Crippen molar-refractivity contribution >= 4 is 7.92 Å². The van der Waals surface area contributed by atoms with Crippen LogP contribution in [0.3, 0.4) is 0 Å². The van der Waals surface area contributed by atoms with Crippen LogP contribution in [0.15, 0.2) is 0 Å².